The van der Waals surface area contributed by atoms with Crippen LogP contribution in [0.5, 0.6) is 0 Å². The summed E-state index contributed by atoms with van der Waals surface area (Å²) < 4.78 is 0. The van der Waals surface area contributed by atoms with Crippen molar-refractivity contribution in [1.29, 1.82) is 0 Å². The van der Waals surface area contributed by atoms with Crippen molar-refractivity contribution in [2.45, 2.75) is 18.2 Å². The van der Waals surface area contributed by atoms with Crippen molar-refractivity contribution in [3.63, 3.8) is 0 Å². The average molecular weight is 275 g/mol. The van der Waals surface area contributed by atoms with Crippen LogP contribution in [0.25, 0.3) is 4.91 Å². The Morgan fingerprint density at radius 2 is 1.50 bits per heavy atom. The van der Waals surface area contributed by atoms with Crippen molar-refractivity contribution in [2.24, 2.45) is 0 Å². The van der Waals surface area contributed by atoms with Gasteiger partial charge in [-0.3, -0.25) is 0 Å². The van der Waals surface area contributed by atoms with Gasteiger partial charge < -0.3 is 0 Å². The number of benzene rings is 2. The summed E-state index contributed by atoms with van der Waals surface area (Å²) in [7, 11) is 0. The van der Waals surface area contributed by atoms with Gasteiger partial charge in [0.2, 0.25) is 0 Å². The predicted molar refractivity (Wildman–Crippen MR) is 81.8 cm³/mol. The molecule has 0 N–H and O–H groups in total. The zero-order valence-corrected chi connectivity index (χ0v) is 11.8. The molecule has 0 amide bonds. The number of thioether (sulfide) groups is 1. The zero-order chi connectivity index (χ0) is 12.8. The van der Waals surface area contributed by atoms with Crippen molar-refractivity contribution >= 4 is 28.3 Å². The van der Waals surface area contributed by atoms with Gasteiger partial charge in [-0.15, -0.1) is 0 Å². The molecule has 18 heavy (non-hydrogen) atoms. The van der Waals surface area contributed by atoms with Crippen LogP contribution in [0.4, 0.5) is 0 Å². The molecule has 0 saturated carbocycles. The molecular formula is C16H15ClS. The van der Waals surface area contributed by atoms with Crippen molar-refractivity contribution in [3.05, 3.63) is 71.3 Å². The van der Waals surface area contributed by atoms with Crippen molar-refractivity contribution in [3.8, 4) is 0 Å². The molecular weight excluding hydrogens is 260 g/mol. The summed E-state index contributed by atoms with van der Waals surface area (Å²) in [5, 5.41) is 0.912. The van der Waals surface area contributed by atoms with Crippen LogP contribution >= 0.6 is 23.4 Å². The second-order valence-corrected chi connectivity index (χ2v) is 5.41. The second kappa shape index (κ2) is 6.67. The highest BCUT2D eigenvalue weighted by atomic mass is 35.5. The number of allylic oxidation sites excluding steroid dienone is 1. The first kappa shape index (κ1) is 13.3. The van der Waals surface area contributed by atoms with Gasteiger partial charge in [-0.1, -0.05) is 78.8 Å². The van der Waals surface area contributed by atoms with E-state index in [0.717, 1.165) is 16.4 Å². The molecule has 2 heteroatoms. The Bertz CT molecular complexity index is 517. The van der Waals surface area contributed by atoms with Crippen LogP contribution in [-0.2, 0) is 0 Å². The van der Waals surface area contributed by atoms with Crippen LogP contribution in [-0.4, -0.2) is 0 Å². The maximum atomic E-state index is 6.37. The molecule has 92 valence electrons. The quantitative estimate of drug-likeness (QED) is 0.635. The van der Waals surface area contributed by atoms with Crippen LogP contribution in [0.2, 0.25) is 0 Å². The van der Waals surface area contributed by atoms with Gasteiger partial charge in [0.15, 0.2) is 0 Å². The van der Waals surface area contributed by atoms with Crippen LogP contribution < -0.4 is 0 Å². The molecule has 0 saturated heterocycles. The molecule has 0 bridgehead atoms. The molecule has 0 fully saturated rings. The summed E-state index contributed by atoms with van der Waals surface area (Å²) in [4.78, 5) is 2.36. The highest BCUT2D eigenvalue weighted by Crippen LogP contribution is 2.38. The summed E-state index contributed by atoms with van der Waals surface area (Å²) in [5.74, 6) is 0. The Kier molecular flexibility index (Phi) is 4.91. The van der Waals surface area contributed by atoms with E-state index in [-0.39, 0.29) is 0 Å². The van der Waals surface area contributed by atoms with E-state index in [2.05, 4.69) is 31.2 Å². The number of hydrogen-bond acceptors (Lipinski definition) is 1. The lowest BCUT2D eigenvalue weighted by molar-refractivity contribution is 1.20. The molecule has 0 unspecified atom stereocenters. The summed E-state index contributed by atoms with van der Waals surface area (Å²) in [6.45, 7) is 2.08. The van der Waals surface area contributed by atoms with Gasteiger partial charge in [-0.2, -0.15) is 0 Å². The number of hydrogen-bond donors (Lipinski definition) is 0. The van der Waals surface area contributed by atoms with E-state index < -0.39 is 0 Å². The SMILES string of the molecule is CC/C(Cl)=C(\Sc1ccccc1)c1ccccc1. The zero-order valence-electron chi connectivity index (χ0n) is 10.3. The summed E-state index contributed by atoms with van der Waals surface area (Å²) in [6, 6.07) is 20.6. The summed E-state index contributed by atoms with van der Waals surface area (Å²) >= 11 is 8.10. The van der Waals surface area contributed by atoms with E-state index in [1.807, 2.05) is 36.4 Å². The van der Waals surface area contributed by atoms with E-state index in [1.165, 1.54) is 10.5 Å². The Labute approximate surface area is 118 Å². The lowest BCUT2D eigenvalue weighted by Crippen LogP contribution is -1.83. The monoisotopic (exact) mass is 274 g/mol. The topological polar surface area (TPSA) is 0 Å². The van der Waals surface area contributed by atoms with Gasteiger partial charge >= 0.3 is 0 Å². The first-order chi connectivity index (χ1) is 8.81. The molecule has 0 aliphatic rings. The predicted octanol–water partition coefficient (Wildman–Crippen LogP) is 5.80. The minimum absolute atomic E-state index is 0.853. The van der Waals surface area contributed by atoms with Crippen LogP contribution in [0, 0.1) is 0 Å². The van der Waals surface area contributed by atoms with Crippen LogP contribution in [0.1, 0.15) is 18.9 Å². The number of halogens is 1. The van der Waals surface area contributed by atoms with Gasteiger partial charge in [-0.25, -0.2) is 0 Å². The third kappa shape index (κ3) is 3.41. The van der Waals surface area contributed by atoms with Crippen LogP contribution in [0.15, 0.2) is 70.6 Å². The maximum Gasteiger partial charge on any atom is 0.0339 e. The molecule has 0 aliphatic carbocycles. The standard InChI is InChI=1S/C16H15ClS/c1-2-15(17)16(13-9-5-3-6-10-13)18-14-11-7-4-8-12-14/h3-12H,2H2,1H3/b16-15+. The van der Waals surface area contributed by atoms with Gasteiger partial charge in [0.05, 0.1) is 0 Å². The van der Waals surface area contributed by atoms with Gasteiger partial charge in [0, 0.05) is 14.8 Å². The maximum absolute atomic E-state index is 6.37. The van der Waals surface area contributed by atoms with Crippen LogP contribution in [0.3, 0.4) is 0 Å². The van der Waals surface area contributed by atoms with E-state index >= 15 is 0 Å². The lowest BCUT2D eigenvalue weighted by atomic mass is 10.2. The van der Waals surface area contributed by atoms with E-state index in [9.17, 15) is 0 Å². The molecule has 0 spiro atoms. The molecule has 0 aliphatic heterocycles. The summed E-state index contributed by atoms with van der Waals surface area (Å²) in [5.41, 5.74) is 1.18. The Hall–Kier alpha value is -1.18. The fourth-order valence-corrected chi connectivity index (χ4v) is 2.89. The van der Waals surface area contributed by atoms with Crippen molar-refractivity contribution in [2.75, 3.05) is 0 Å². The third-order valence-electron chi connectivity index (χ3n) is 2.56. The van der Waals surface area contributed by atoms with Gasteiger partial charge in [-0.05, 0) is 24.1 Å². The molecule has 0 aromatic heterocycles. The molecule has 0 atom stereocenters. The van der Waals surface area contributed by atoms with E-state index in [4.69, 9.17) is 11.6 Å². The average Bonchev–Trinajstić information content (AvgIpc) is 2.46. The van der Waals surface area contributed by atoms with Gasteiger partial charge in [0.25, 0.3) is 0 Å². The normalized spacial score (nSPS) is 12.1. The molecule has 0 heterocycles. The Balaban J connectivity index is 2.34. The Morgan fingerprint density at radius 1 is 0.944 bits per heavy atom. The summed E-state index contributed by atoms with van der Waals surface area (Å²) in [6.07, 6.45) is 0.853. The fraction of sp³-hybridized carbons (Fsp3) is 0.125. The molecule has 2 rings (SSSR count). The molecule has 0 nitrogen and oxygen atoms in total. The first-order valence-electron chi connectivity index (χ1n) is 5.98. The molecule has 0 radical (unpaired) electrons. The highest BCUT2D eigenvalue weighted by molar-refractivity contribution is 8.08. The second-order valence-electron chi connectivity index (χ2n) is 3.87. The molecule has 2 aromatic rings. The molecule has 2 aromatic carbocycles. The smallest absolute Gasteiger partial charge is 0.0339 e. The first-order valence-corrected chi connectivity index (χ1v) is 7.17. The largest absolute Gasteiger partial charge is 0.0883 e. The lowest BCUT2D eigenvalue weighted by Gasteiger charge is -2.10. The Morgan fingerprint density at radius 3 is 2.06 bits per heavy atom. The van der Waals surface area contributed by atoms with Crippen molar-refractivity contribution < 1.29 is 0 Å². The fourth-order valence-electron chi connectivity index (χ4n) is 1.63. The number of rotatable bonds is 4. The van der Waals surface area contributed by atoms with Gasteiger partial charge in [0.1, 0.15) is 0 Å². The van der Waals surface area contributed by atoms with Crippen molar-refractivity contribution in [1.82, 2.24) is 0 Å². The highest BCUT2D eigenvalue weighted by Gasteiger charge is 2.08. The minimum Gasteiger partial charge on any atom is -0.0883 e. The third-order valence-corrected chi connectivity index (χ3v) is 4.32. The van der Waals surface area contributed by atoms with E-state index in [0.29, 0.717) is 0 Å². The van der Waals surface area contributed by atoms with E-state index in [1.54, 1.807) is 11.8 Å². The minimum atomic E-state index is 0.853.